The molecule has 28 heavy (non-hydrogen) atoms. The maximum Gasteiger partial charge on any atom is 0.221 e. The summed E-state index contributed by atoms with van der Waals surface area (Å²) in [5, 5.41) is 1.20. The van der Waals surface area contributed by atoms with E-state index in [4.69, 9.17) is 10.2 Å². The third-order valence-electron chi connectivity index (χ3n) is 4.66. The molecule has 0 aliphatic heterocycles. The summed E-state index contributed by atoms with van der Waals surface area (Å²) in [6, 6.07) is 24.6. The lowest BCUT2D eigenvalue weighted by molar-refractivity contribution is 0.579. The molecule has 0 aliphatic rings. The van der Waals surface area contributed by atoms with E-state index in [1.54, 1.807) is 17.6 Å². The number of nitrogens with zero attached hydrogens (tertiary/aromatic N) is 2. The SMILES string of the molecule is Nc1nc(-c2ccco2)c(Cc2ccccc2)c(-c2cc3ccccc3s2)n1. The van der Waals surface area contributed by atoms with Crippen LogP contribution < -0.4 is 5.73 Å². The van der Waals surface area contributed by atoms with Crippen LogP contribution in [0.25, 0.3) is 32.1 Å². The molecule has 5 rings (SSSR count). The molecule has 0 radical (unpaired) electrons. The van der Waals surface area contributed by atoms with E-state index in [-0.39, 0.29) is 5.95 Å². The molecule has 0 fully saturated rings. The molecule has 136 valence electrons. The summed E-state index contributed by atoms with van der Waals surface area (Å²) < 4.78 is 6.88. The molecule has 3 heterocycles. The van der Waals surface area contributed by atoms with Crippen LogP contribution in [0.2, 0.25) is 0 Å². The van der Waals surface area contributed by atoms with Crippen LogP contribution in [0.5, 0.6) is 0 Å². The number of furan rings is 1. The Kier molecular flexibility index (Phi) is 4.14. The van der Waals surface area contributed by atoms with Crippen LogP contribution in [0, 0.1) is 0 Å². The van der Waals surface area contributed by atoms with Gasteiger partial charge in [-0.3, -0.25) is 0 Å². The number of benzene rings is 2. The Morgan fingerprint density at radius 2 is 1.64 bits per heavy atom. The summed E-state index contributed by atoms with van der Waals surface area (Å²) >= 11 is 1.71. The molecule has 0 bridgehead atoms. The van der Waals surface area contributed by atoms with Crippen LogP contribution >= 0.6 is 11.3 Å². The highest BCUT2D eigenvalue weighted by atomic mass is 32.1. The van der Waals surface area contributed by atoms with Gasteiger partial charge in [0.05, 0.1) is 16.8 Å². The van der Waals surface area contributed by atoms with Crippen molar-refractivity contribution in [3.63, 3.8) is 0 Å². The number of hydrogen-bond donors (Lipinski definition) is 1. The Balaban J connectivity index is 1.75. The first-order valence-electron chi connectivity index (χ1n) is 9.01. The molecule has 0 aliphatic carbocycles. The van der Waals surface area contributed by atoms with Gasteiger partial charge in [-0.15, -0.1) is 11.3 Å². The van der Waals surface area contributed by atoms with Crippen molar-refractivity contribution in [2.45, 2.75) is 6.42 Å². The second kappa shape index (κ2) is 6.94. The summed E-state index contributed by atoms with van der Waals surface area (Å²) in [7, 11) is 0. The molecular weight excluding hydrogens is 366 g/mol. The monoisotopic (exact) mass is 383 g/mol. The third-order valence-corrected chi connectivity index (χ3v) is 5.78. The van der Waals surface area contributed by atoms with Crippen molar-refractivity contribution in [1.29, 1.82) is 0 Å². The summed E-state index contributed by atoms with van der Waals surface area (Å²) in [6.45, 7) is 0. The minimum atomic E-state index is 0.246. The van der Waals surface area contributed by atoms with Gasteiger partial charge in [0, 0.05) is 16.7 Å². The fraction of sp³-hybridized carbons (Fsp3) is 0.0435. The van der Waals surface area contributed by atoms with Gasteiger partial charge in [0.15, 0.2) is 5.76 Å². The van der Waals surface area contributed by atoms with Crippen molar-refractivity contribution in [1.82, 2.24) is 9.97 Å². The molecule has 0 spiro atoms. The highest BCUT2D eigenvalue weighted by molar-refractivity contribution is 7.22. The molecule has 0 amide bonds. The molecular formula is C23H17N3OS. The average molecular weight is 383 g/mol. The molecule has 2 N–H and O–H groups in total. The van der Waals surface area contributed by atoms with Gasteiger partial charge in [0.1, 0.15) is 5.69 Å². The highest BCUT2D eigenvalue weighted by Gasteiger charge is 2.20. The lowest BCUT2D eigenvalue weighted by Gasteiger charge is -2.12. The van der Waals surface area contributed by atoms with E-state index in [9.17, 15) is 0 Å². The molecule has 0 saturated heterocycles. The number of fused-ring (bicyclic) bond motifs is 1. The van der Waals surface area contributed by atoms with E-state index in [0.29, 0.717) is 12.2 Å². The Morgan fingerprint density at radius 3 is 2.43 bits per heavy atom. The first-order valence-corrected chi connectivity index (χ1v) is 9.83. The van der Waals surface area contributed by atoms with E-state index in [2.05, 4.69) is 46.4 Å². The summed E-state index contributed by atoms with van der Waals surface area (Å²) in [4.78, 5) is 10.2. The zero-order valence-corrected chi connectivity index (χ0v) is 15.8. The van der Waals surface area contributed by atoms with Crippen LogP contribution in [0.15, 0.2) is 83.5 Å². The standard InChI is InChI=1S/C23H17N3OS/c24-23-25-21(18-10-6-12-27-18)17(13-15-7-2-1-3-8-15)22(26-23)20-14-16-9-4-5-11-19(16)28-20/h1-12,14H,13H2,(H2,24,25,26). The fourth-order valence-corrected chi connectivity index (χ4v) is 4.47. The Hall–Kier alpha value is -3.44. The quantitative estimate of drug-likeness (QED) is 0.426. The smallest absolute Gasteiger partial charge is 0.221 e. The van der Waals surface area contributed by atoms with E-state index in [1.807, 2.05) is 36.4 Å². The first-order chi connectivity index (χ1) is 13.8. The van der Waals surface area contributed by atoms with Crippen molar-refractivity contribution < 1.29 is 4.42 Å². The van der Waals surface area contributed by atoms with Gasteiger partial charge in [-0.25, -0.2) is 9.97 Å². The molecule has 0 unspecified atom stereocenters. The predicted octanol–water partition coefficient (Wildman–Crippen LogP) is 5.79. The van der Waals surface area contributed by atoms with Gasteiger partial charge in [-0.2, -0.15) is 0 Å². The number of anilines is 1. The second-order valence-electron chi connectivity index (χ2n) is 6.55. The lowest BCUT2D eigenvalue weighted by Crippen LogP contribution is -2.05. The van der Waals surface area contributed by atoms with Crippen LogP contribution in [0.3, 0.4) is 0 Å². The maximum atomic E-state index is 6.10. The maximum absolute atomic E-state index is 6.10. The Morgan fingerprint density at radius 1 is 0.857 bits per heavy atom. The van der Waals surface area contributed by atoms with Crippen molar-refractivity contribution in [3.05, 3.63) is 90.2 Å². The number of nitrogens with two attached hydrogens (primary N) is 1. The van der Waals surface area contributed by atoms with Crippen molar-refractivity contribution >= 4 is 27.4 Å². The summed E-state index contributed by atoms with van der Waals surface area (Å²) in [5.74, 6) is 0.943. The average Bonchev–Trinajstić information content (AvgIpc) is 3.39. The highest BCUT2D eigenvalue weighted by Crippen LogP contribution is 2.38. The minimum Gasteiger partial charge on any atom is -0.463 e. The predicted molar refractivity (Wildman–Crippen MR) is 114 cm³/mol. The molecule has 0 atom stereocenters. The summed E-state index contributed by atoms with van der Waals surface area (Å²) in [6.07, 6.45) is 2.35. The minimum absolute atomic E-state index is 0.246. The second-order valence-corrected chi connectivity index (χ2v) is 7.63. The Bertz CT molecular complexity index is 1210. The third kappa shape index (κ3) is 3.06. The molecule has 5 aromatic rings. The van der Waals surface area contributed by atoms with Crippen molar-refractivity contribution in [3.8, 4) is 22.0 Å². The zero-order chi connectivity index (χ0) is 18.9. The lowest BCUT2D eigenvalue weighted by atomic mass is 9.99. The van der Waals surface area contributed by atoms with Gasteiger partial charge < -0.3 is 10.2 Å². The molecule has 0 saturated carbocycles. The van der Waals surface area contributed by atoms with Crippen LogP contribution in [-0.2, 0) is 6.42 Å². The number of thiophene rings is 1. The van der Waals surface area contributed by atoms with E-state index >= 15 is 0 Å². The first kappa shape index (κ1) is 16.7. The van der Waals surface area contributed by atoms with E-state index in [1.165, 1.54) is 15.6 Å². The molecule has 2 aromatic carbocycles. The van der Waals surface area contributed by atoms with Gasteiger partial charge in [-0.1, -0.05) is 48.5 Å². The normalized spacial score (nSPS) is 11.1. The van der Waals surface area contributed by atoms with Gasteiger partial charge in [0.2, 0.25) is 5.95 Å². The van der Waals surface area contributed by atoms with Crippen molar-refractivity contribution in [2.24, 2.45) is 0 Å². The molecule has 5 heteroatoms. The molecule has 4 nitrogen and oxygen atoms in total. The number of rotatable bonds is 4. The molecule has 3 aromatic heterocycles. The fourth-order valence-electron chi connectivity index (χ4n) is 3.39. The van der Waals surface area contributed by atoms with Gasteiger partial charge >= 0.3 is 0 Å². The van der Waals surface area contributed by atoms with Gasteiger partial charge in [0.25, 0.3) is 0 Å². The van der Waals surface area contributed by atoms with Crippen molar-refractivity contribution in [2.75, 3.05) is 5.73 Å². The zero-order valence-electron chi connectivity index (χ0n) is 15.0. The van der Waals surface area contributed by atoms with E-state index in [0.717, 1.165) is 21.8 Å². The number of nitrogen functional groups attached to an aromatic ring is 1. The number of hydrogen-bond acceptors (Lipinski definition) is 5. The van der Waals surface area contributed by atoms with Crippen LogP contribution in [0.1, 0.15) is 11.1 Å². The Labute approximate surface area is 166 Å². The topological polar surface area (TPSA) is 64.9 Å². The van der Waals surface area contributed by atoms with Crippen LogP contribution in [-0.4, -0.2) is 9.97 Å². The van der Waals surface area contributed by atoms with E-state index < -0.39 is 0 Å². The van der Waals surface area contributed by atoms with Gasteiger partial charge in [-0.05, 0) is 35.2 Å². The largest absolute Gasteiger partial charge is 0.463 e. The number of aromatic nitrogens is 2. The van der Waals surface area contributed by atoms with Crippen LogP contribution in [0.4, 0.5) is 5.95 Å². The summed E-state index contributed by atoms with van der Waals surface area (Å²) in [5.41, 5.74) is 9.91.